The van der Waals surface area contributed by atoms with Crippen LogP contribution in [-0.2, 0) is 16.2 Å². The third-order valence-electron chi connectivity index (χ3n) is 7.09. The summed E-state index contributed by atoms with van der Waals surface area (Å²) >= 11 is 2.15. The highest BCUT2D eigenvalue weighted by molar-refractivity contribution is 14.1. The molecule has 1 aliphatic rings. The molecular weight excluding hydrogens is 655 g/mol. The van der Waals surface area contributed by atoms with Crippen LogP contribution in [0.15, 0.2) is 121 Å². The zero-order valence-electron chi connectivity index (χ0n) is 23.1. The molecule has 0 unspecified atom stereocenters. The molecule has 0 atom stereocenters. The number of fused-ring (bicyclic) bond motifs is 1. The summed E-state index contributed by atoms with van der Waals surface area (Å²) in [7, 11) is 1.54. The number of methoxy groups -OCH3 is 1. The van der Waals surface area contributed by atoms with Gasteiger partial charge in [0, 0.05) is 0 Å². The van der Waals surface area contributed by atoms with Gasteiger partial charge in [-0.3, -0.25) is 9.59 Å². The first-order chi connectivity index (χ1) is 21.0. The highest BCUT2D eigenvalue weighted by atomic mass is 127. The van der Waals surface area contributed by atoms with Crippen molar-refractivity contribution in [2.24, 2.45) is 0 Å². The molecule has 0 aliphatic carbocycles. The fourth-order valence-electron chi connectivity index (χ4n) is 5.04. The fraction of sp³-hybridized carbons (Fsp3) is 0.0571. The van der Waals surface area contributed by atoms with Gasteiger partial charge in [0.25, 0.3) is 11.8 Å². The average molecular weight is 680 g/mol. The normalized spacial score (nSPS) is 13.4. The molecule has 0 N–H and O–H groups in total. The Morgan fingerprint density at radius 1 is 0.721 bits per heavy atom. The molecule has 0 radical (unpaired) electrons. The Balaban J connectivity index is 1.37. The van der Waals surface area contributed by atoms with Gasteiger partial charge in [0.1, 0.15) is 12.2 Å². The van der Waals surface area contributed by atoms with E-state index in [1.165, 1.54) is 13.2 Å². The van der Waals surface area contributed by atoms with Crippen LogP contribution in [0.5, 0.6) is 11.5 Å². The summed E-state index contributed by atoms with van der Waals surface area (Å²) in [6, 6.07) is 34.1. The van der Waals surface area contributed by atoms with Crippen molar-refractivity contribution in [3.05, 3.63) is 136 Å². The van der Waals surface area contributed by atoms with Crippen molar-refractivity contribution in [2.75, 3.05) is 16.9 Å². The zero-order valence-corrected chi connectivity index (χ0v) is 25.2. The van der Waals surface area contributed by atoms with Gasteiger partial charge in [-0.1, -0.05) is 78.9 Å². The number of benzene rings is 5. The second-order valence-electron chi connectivity index (χ2n) is 9.75. The van der Waals surface area contributed by atoms with Crippen molar-refractivity contribution in [3.63, 3.8) is 0 Å². The van der Waals surface area contributed by atoms with Crippen LogP contribution in [0.3, 0.4) is 0 Å². The number of hydrogen-bond donors (Lipinski definition) is 0. The molecule has 1 fully saturated rings. The monoisotopic (exact) mass is 680 g/mol. The van der Waals surface area contributed by atoms with Crippen molar-refractivity contribution in [3.8, 4) is 11.5 Å². The fourth-order valence-corrected chi connectivity index (χ4v) is 5.82. The van der Waals surface area contributed by atoms with Gasteiger partial charge in [-0.05, 0) is 87.0 Å². The lowest BCUT2D eigenvalue weighted by Gasteiger charge is -2.34. The van der Waals surface area contributed by atoms with E-state index in [0.29, 0.717) is 35.0 Å². The number of carbonyl (C=O) groups excluding carboxylic acids is 3. The second kappa shape index (κ2) is 12.1. The Morgan fingerprint density at radius 3 is 1.93 bits per heavy atom. The topological polar surface area (TPSA) is 76.2 Å². The van der Waals surface area contributed by atoms with Gasteiger partial charge in [-0.25, -0.2) is 14.6 Å². The Kier molecular flexibility index (Phi) is 7.93. The Morgan fingerprint density at radius 2 is 1.30 bits per heavy atom. The molecule has 0 spiro atoms. The van der Waals surface area contributed by atoms with Gasteiger partial charge >= 0.3 is 6.03 Å². The molecule has 0 bridgehead atoms. The van der Waals surface area contributed by atoms with Crippen molar-refractivity contribution < 1.29 is 23.9 Å². The number of ether oxygens (including phenoxy) is 2. The van der Waals surface area contributed by atoms with Crippen LogP contribution in [0.2, 0.25) is 0 Å². The van der Waals surface area contributed by atoms with E-state index in [-0.39, 0.29) is 5.57 Å². The lowest BCUT2D eigenvalue weighted by atomic mass is 10.0. The molecule has 7 nitrogen and oxygen atoms in total. The maximum absolute atomic E-state index is 13.7. The first kappa shape index (κ1) is 28.2. The maximum Gasteiger partial charge on any atom is 0.343 e. The minimum Gasteiger partial charge on any atom is -0.493 e. The van der Waals surface area contributed by atoms with E-state index >= 15 is 0 Å². The van der Waals surface area contributed by atoms with Crippen LogP contribution < -0.4 is 19.3 Å². The number of hydrogen-bond acceptors (Lipinski definition) is 5. The Hall–Kier alpha value is -4.96. The summed E-state index contributed by atoms with van der Waals surface area (Å²) in [5.41, 5.74) is 2.15. The summed E-state index contributed by atoms with van der Waals surface area (Å²) in [5.74, 6) is -0.422. The third kappa shape index (κ3) is 5.49. The van der Waals surface area contributed by atoms with Gasteiger partial charge in [0.15, 0.2) is 11.5 Å². The third-order valence-corrected chi connectivity index (χ3v) is 7.89. The van der Waals surface area contributed by atoms with Gasteiger partial charge in [-0.2, -0.15) is 0 Å². The molecule has 43 heavy (non-hydrogen) atoms. The lowest BCUT2D eigenvalue weighted by Crippen LogP contribution is -2.57. The molecule has 5 aromatic rings. The number of imide groups is 2. The zero-order chi connectivity index (χ0) is 29.9. The van der Waals surface area contributed by atoms with Crippen molar-refractivity contribution >= 4 is 68.7 Å². The van der Waals surface area contributed by atoms with E-state index in [1.54, 1.807) is 66.7 Å². The van der Waals surface area contributed by atoms with Gasteiger partial charge in [-0.15, -0.1) is 0 Å². The molecule has 1 saturated heterocycles. The number of amides is 4. The van der Waals surface area contributed by atoms with E-state index in [9.17, 15) is 14.4 Å². The molecular formula is C35H25IN2O5. The van der Waals surface area contributed by atoms with Crippen molar-refractivity contribution in [2.45, 2.75) is 6.61 Å². The molecule has 6 rings (SSSR count). The van der Waals surface area contributed by atoms with Crippen LogP contribution in [0.4, 0.5) is 16.2 Å². The summed E-state index contributed by atoms with van der Waals surface area (Å²) in [4.78, 5) is 43.1. The predicted molar refractivity (Wildman–Crippen MR) is 175 cm³/mol. The molecule has 8 heteroatoms. The van der Waals surface area contributed by atoms with Crippen LogP contribution in [0.1, 0.15) is 11.1 Å². The number of anilines is 2. The van der Waals surface area contributed by atoms with Gasteiger partial charge < -0.3 is 9.47 Å². The van der Waals surface area contributed by atoms with E-state index in [2.05, 4.69) is 40.8 Å². The van der Waals surface area contributed by atoms with E-state index in [1.807, 2.05) is 30.3 Å². The van der Waals surface area contributed by atoms with E-state index in [0.717, 1.165) is 29.7 Å². The maximum atomic E-state index is 13.7. The number of rotatable bonds is 7. The molecule has 0 aromatic heterocycles. The van der Waals surface area contributed by atoms with Crippen LogP contribution in [0.25, 0.3) is 16.8 Å². The van der Waals surface area contributed by atoms with E-state index in [4.69, 9.17) is 9.47 Å². The minimum atomic E-state index is -0.742. The summed E-state index contributed by atoms with van der Waals surface area (Å²) in [6.45, 7) is 0.325. The van der Waals surface area contributed by atoms with Crippen LogP contribution in [0, 0.1) is 3.57 Å². The molecule has 5 aromatic carbocycles. The molecule has 1 aliphatic heterocycles. The van der Waals surface area contributed by atoms with Crippen molar-refractivity contribution in [1.82, 2.24) is 0 Å². The average Bonchev–Trinajstić information content (AvgIpc) is 3.03. The van der Waals surface area contributed by atoms with Gasteiger partial charge in [0.05, 0.1) is 22.1 Å². The van der Waals surface area contributed by atoms with Crippen LogP contribution >= 0.6 is 22.6 Å². The summed E-state index contributed by atoms with van der Waals surface area (Å²) < 4.78 is 12.7. The SMILES string of the molecule is COc1cc(C=C2C(=O)N(c3ccccc3)C(=O)N(c3ccccc3)C2=O)cc(I)c1OCc1cccc2ccccc12. The number of para-hydroxylation sites is 2. The summed E-state index contributed by atoms with van der Waals surface area (Å²) in [6.07, 6.45) is 1.49. The predicted octanol–water partition coefficient (Wildman–Crippen LogP) is 7.62. The first-order valence-electron chi connectivity index (χ1n) is 13.5. The number of urea groups is 1. The van der Waals surface area contributed by atoms with E-state index < -0.39 is 17.8 Å². The number of halogens is 1. The Bertz CT molecular complexity index is 1820. The molecule has 4 amide bonds. The minimum absolute atomic E-state index is 0.158. The highest BCUT2D eigenvalue weighted by Gasteiger charge is 2.43. The largest absolute Gasteiger partial charge is 0.493 e. The smallest absolute Gasteiger partial charge is 0.343 e. The van der Waals surface area contributed by atoms with Crippen molar-refractivity contribution in [1.29, 1.82) is 0 Å². The highest BCUT2D eigenvalue weighted by Crippen LogP contribution is 2.37. The standard InChI is InChI=1S/C35H25IN2O5/c1-42-31-21-23(20-30(36)32(31)43-22-25-13-10-12-24-11-8-9-18-28(24)25)19-29-33(39)37(26-14-4-2-5-15-26)35(41)38(34(29)40)27-16-6-3-7-17-27/h2-21H,22H2,1H3. The summed E-state index contributed by atoms with van der Waals surface area (Å²) in [5, 5.41) is 2.23. The number of barbiturate groups is 1. The Labute approximate surface area is 262 Å². The quantitative estimate of drug-likeness (QED) is 0.101. The number of nitrogens with zero attached hydrogens (tertiary/aromatic N) is 2. The number of carbonyl (C=O) groups is 3. The van der Waals surface area contributed by atoms with Gasteiger partial charge in [0.2, 0.25) is 0 Å². The lowest BCUT2D eigenvalue weighted by molar-refractivity contribution is -0.121. The second-order valence-corrected chi connectivity index (χ2v) is 10.9. The molecule has 212 valence electrons. The van der Waals surface area contributed by atoms with Crippen LogP contribution in [-0.4, -0.2) is 25.0 Å². The molecule has 0 saturated carbocycles. The first-order valence-corrected chi connectivity index (χ1v) is 14.6. The molecule has 1 heterocycles.